The maximum Gasteiger partial charge on any atom is 0.135 e. The van der Waals surface area contributed by atoms with Crippen molar-refractivity contribution in [2.24, 2.45) is 7.05 Å². The molecule has 0 bridgehead atoms. The first kappa shape index (κ1) is 9.93. The highest BCUT2D eigenvalue weighted by atomic mass is 16.3. The van der Waals surface area contributed by atoms with E-state index in [1.807, 2.05) is 36.7 Å². The number of imidazole rings is 1. The summed E-state index contributed by atoms with van der Waals surface area (Å²) in [6, 6.07) is 6.02. The van der Waals surface area contributed by atoms with E-state index >= 15 is 0 Å². The van der Waals surface area contributed by atoms with Gasteiger partial charge in [0.1, 0.15) is 12.4 Å². The van der Waals surface area contributed by atoms with E-state index < -0.39 is 0 Å². The molecule has 0 unspecified atom stereocenters. The summed E-state index contributed by atoms with van der Waals surface area (Å²) >= 11 is 0. The van der Waals surface area contributed by atoms with Crippen molar-refractivity contribution in [1.29, 1.82) is 0 Å². The Kier molecular flexibility index (Phi) is 2.32. The summed E-state index contributed by atoms with van der Waals surface area (Å²) < 4.78 is 1.90. The number of rotatable bonds is 2. The molecule has 0 amide bonds. The van der Waals surface area contributed by atoms with Crippen LogP contribution in [0.5, 0.6) is 0 Å². The Morgan fingerprint density at radius 2 is 2.27 bits per heavy atom. The molecule has 15 heavy (non-hydrogen) atoms. The molecule has 0 saturated carbocycles. The zero-order valence-corrected chi connectivity index (χ0v) is 8.99. The molecular weight excluding hydrogens is 188 g/mol. The van der Waals surface area contributed by atoms with Crippen LogP contribution in [0, 0.1) is 0 Å². The molecule has 0 spiro atoms. The van der Waals surface area contributed by atoms with Crippen LogP contribution in [-0.4, -0.2) is 14.7 Å². The molecule has 0 saturated heterocycles. The first-order valence-electron chi connectivity index (χ1n) is 4.85. The molecule has 0 aliphatic heterocycles. The largest absolute Gasteiger partial charge is 0.388 e. The molecule has 1 N–H and O–H groups in total. The monoisotopic (exact) mass is 202 g/mol. The Morgan fingerprint density at radius 3 is 2.87 bits per heavy atom. The average molecular weight is 202 g/mol. The lowest BCUT2D eigenvalue weighted by Crippen LogP contribution is -1.96. The lowest BCUT2D eigenvalue weighted by molar-refractivity contribution is 0.268. The molecule has 2 aromatic rings. The van der Waals surface area contributed by atoms with Crippen LogP contribution >= 0.6 is 0 Å². The molecule has 78 valence electrons. The first-order chi connectivity index (χ1) is 7.13. The first-order valence-corrected chi connectivity index (χ1v) is 4.85. The van der Waals surface area contributed by atoms with Gasteiger partial charge in [0.15, 0.2) is 0 Å². The van der Waals surface area contributed by atoms with Gasteiger partial charge in [-0.1, -0.05) is 18.2 Å². The predicted octanol–water partition coefficient (Wildman–Crippen LogP) is 2.10. The number of aryl methyl sites for hydroxylation is 1. The SMILES string of the molecule is C=C(C)c1ccc2c(c1)nc(CO)n2C. The van der Waals surface area contributed by atoms with Crippen molar-refractivity contribution < 1.29 is 5.11 Å². The number of nitrogens with zero attached hydrogens (tertiary/aromatic N) is 2. The van der Waals surface area contributed by atoms with Gasteiger partial charge in [0, 0.05) is 7.05 Å². The topological polar surface area (TPSA) is 38.1 Å². The van der Waals surface area contributed by atoms with Crippen LogP contribution in [0.15, 0.2) is 24.8 Å². The fourth-order valence-electron chi connectivity index (χ4n) is 1.66. The van der Waals surface area contributed by atoms with Gasteiger partial charge in [0.05, 0.1) is 11.0 Å². The van der Waals surface area contributed by atoms with Crippen molar-refractivity contribution in [3.8, 4) is 0 Å². The van der Waals surface area contributed by atoms with Crippen molar-refractivity contribution in [3.63, 3.8) is 0 Å². The quantitative estimate of drug-likeness (QED) is 0.809. The van der Waals surface area contributed by atoms with Gasteiger partial charge in [-0.15, -0.1) is 0 Å². The van der Waals surface area contributed by atoms with Crippen molar-refractivity contribution in [2.75, 3.05) is 0 Å². The lowest BCUT2D eigenvalue weighted by Gasteiger charge is -2.00. The Morgan fingerprint density at radius 1 is 1.53 bits per heavy atom. The number of hydrogen-bond acceptors (Lipinski definition) is 2. The van der Waals surface area contributed by atoms with Gasteiger partial charge in [-0.2, -0.15) is 0 Å². The fraction of sp³-hybridized carbons (Fsp3) is 0.250. The minimum Gasteiger partial charge on any atom is -0.388 e. The third-order valence-corrected chi connectivity index (χ3v) is 2.61. The van der Waals surface area contributed by atoms with E-state index in [2.05, 4.69) is 11.6 Å². The van der Waals surface area contributed by atoms with E-state index in [4.69, 9.17) is 5.11 Å². The predicted molar refractivity (Wildman–Crippen MR) is 61.3 cm³/mol. The highest BCUT2D eigenvalue weighted by molar-refractivity contribution is 5.80. The molecule has 0 fully saturated rings. The highest BCUT2D eigenvalue weighted by Crippen LogP contribution is 2.20. The minimum atomic E-state index is -0.0341. The van der Waals surface area contributed by atoms with Crippen molar-refractivity contribution >= 4 is 16.6 Å². The maximum absolute atomic E-state index is 9.10. The normalized spacial score (nSPS) is 10.9. The highest BCUT2D eigenvalue weighted by Gasteiger charge is 2.06. The standard InChI is InChI=1S/C12H14N2O/c1-8(2)9-4-5-11-10(6-9)13-12(7-15)14(11)3/h4-6,15H,1,7H2,2-3H3. The van der Waals surface area contributed by atoms with E-state index in [0.29, 0.717) is 5.82 Å². The van der Waals surface area contributed by atoms with Crippen LogP contribution in [0.25, 0.3) is 16.6 Å². The Hall–Kier alpha value is -1.61. The van der Waals surface area contributed by atoms with Gasteiger partial charge in [0.25, 0.3) is 0 Å². The van der Waals surface area contributed by atoms with Gasteiger partial charge in [-0.05, 0) is 24.6 Å². The average Bonchev–Trinajstić information content (AvgIpc) is 2.55. The van der Waals surface area contributed by atoms with Crippen LogP contribution < -0.4 is 0 Å². The molecule has 0 radical (unpaired) electrons. The number of hydrogen-bond donors (Lipinski definition) is 1. The van der Waals surface area contributed by atoms with Crippen LogP contribution in [-0.2, 0) is 13.7 Å². The molecule has 0 aliphatic carbocycles. The van der Waals surface area contributed by atoms with E-state index in [1.165, 1.54) is 0 Å². The van der Waals surface area contributed by atoms with E-state index in [-0.39, 0.29) is 6.61 Å². The summed E-state index contributed by atoms with van der Waals surface area (Å²) in [5.74, 6) is 0.684. The number of allylic oxidation sites excluding steroid dienone is 1. The van der Waals surface area contributed by atoms with Crippen molar-refractivity contribution in [3.05, 3.63) is 36.2 Å². The molecule has 1 heterocycles. The molecule has 2 rings (SSSR count). The summed E-state index contributed by atoms with van der Waals surface area (Å²) in [6.07, 6.45) is 0. The van der Waals surface area contributed by atoms with Crippen LogP contribution in [0.3, 0.4) is 0 Å². The second-order valence-electron chi connectivity index (χ2n) is 3.73. The number of aromatic nitrogens is 2. The van der Waals surface area contributed by atoms with Crippen LogP contribution in [0.1, 0.15) is 18.3 Å². The van der Waals surface area contributed by atoms with Gasteiger partial charge in [-0.3, -0.25) is 0 Å². The Bertz CT molecular complexity index is 526. The molecular formula is C12H14N2O. The Balaban J connectivity index is 2.68. The second kappa shape index (κ2) is 3.51. The second-order valence-corrected chi connectivity index (χ2v) is 3.73. The molecule has 1 aromatic heterocycles. The maximum atomic E-state index is 9.10. The van der Waals surface area contributed by atoms with E-state index in [1.54, 1.807) is 0 Å². The lowest BCUT2D eigenvalue weighted by atomic mass is 10.1. The molecule has 3 nitrogen and oxygen atoms in total. The van der Waals surface area contributed by atoms with Gasteiger partial charge in [0.2, 0.25) is 0 Å². The zero-order chi connectivity index (χ0) is 11.0. The van der Waals surface area contributed by atoms with Crippen LogP contribution in [0.2, 0.25) is 0 Å². The van der Waals surface area contributed by atoms with E-state index in [9.17, 15) is 0 Å². The number of benzene rings is 1. The number of aliphatic hydroxyl groups excluding tert-OH is 1. The van der Waals surface area contributed by atoms with Gasteiger partial charge >= 0.3 is 0 Å². The van der Waals surface area contributed by atoms with Gasteiger partial charge in [-0.25, -0.2) is 4.98 Å². The number of fused-ring (bicyclic) bond motifs is 1. The summed E-state index contributed by atoms with van der Waals surface area (Å²) in [6.45, 7) is 5.83. The summed E-state index contributed by atoms with van der Waals surface area (Å²) in [5.41, 5.74) is 4.05. The third kappa shape index (κ3) is 1.55. The number of aliphatic hydroxyl groups is 1. The molecule has 0 aliphatic rings. The summed E-state index contributed by atoms with van der Waals surface area (Å²) in [5, 5.41) is 9.10. The molecule has 0 atom stereocenters. The molecule has 1 aromatic carbocycles. The summed E-state index contributed by atoms with van der Waals surface area (Å²) in [7, 11) is 1.90. The van der Waals surface area contributed by atoms with Crippen molar-refractivity contribution in [1.82, 2.24) is 9.55 Å². The van der Waals surface area contributed by atoms with Crippen molar-refractivity contribution in [2.45, 2.75) is 13.5 Å². The van der Waals surface area contributed by atoms with Crippen LogP contribution in [0.4, 0.5) is 0 Å². The third-order valence-electron chi connectivity index (χ3n) is 2.61. The van der Waals surface area contributed by atoms with Gasteiger partial charge < -0.3 is 9.67 Å². The summed E-state index contributed by atoms with van der Waals surface area (Å²) in [4.78, 5) is 4.35. The fourth-order valence-corrected chi connectivity index (χ4v) is 1.66. The molecule has 3 heteroatoms. The Labute approximate surface area is 88.7 Å². The minimum absolute atomic E-state index is 0.0341. The van der Waals surface area contributed by atoms with E-state index in [0.717, 1.165) is 22.2 Å². The zero-order valence-electron chi connectivity index (χ0n) is 8.99. The smallest absolute Gasteiger partial charge is 0.135 e.